The molecule has 0 spiro atoms. The summed E-state index contributed by atoms with van der Waals surface area (Å²) < 4.78 is 4.91. The van der Waals surface area contributed by atoms with Gasteiger partial charge in [-0.3, -0.25) is 0 Å². The Labute approximate surface area is 132 Å². The van der Waals surface area contributed by atoms with Gasteiger partial charge in [-0.15, -0.1) is 0 Å². The predicted molar refractivity (Wildman–Crippen MR) is 85.4 cm³/mol. The van der Waals surface area contributed by atoms with Crippen LogP contribution < -0.4 is 10.3 Å². The molecule has 1 aromatic rings. The quantitative estimate of drug-likeness (QED) is 0.388. The van der Waals surface area contributed by atoms with Gasteiger partial charge in [0.25, 0.3) is 0 Å². The molecule has 0 radical (unpaired) electrons. The highest BCUT2D eigenvalue weighted by Crippen LogP contribution is 2.32. The van der Waals surface area contributed by atoms with Gasteiger partial charge >= 0.3 is 8.60 Å². The van der Waals surface area contributed by atoms with E-state index in [4.69, 9.17) is 35.4 Å². The van der Waals surface area contributed by atoms with E-state index in [2.05, 4.69) is 6.92 Å². The van der Waals surface area contributed by atoms with E-state index < -0.39 is 34.0 Å². The third-order valence-corrected chi connectivity index (χ3v) is 3.40. The summed E-state index contributed by atoms with van der Waals surface area (Å²) in [6.45, 7) is 2.89. The van der Waals surface area contributed by atoms with Crippen LogP contribution in [-0.2, 0) is 12.8 Å². The summed E-state index contributed by atoms with van der Waals surface area (Å²) in [5, 5.41) is 25.0. The van der Waals surface area contributed by atoms with Crippen molar-refractivity contribution in [3.8, 4) is 5.75 Å². The van der Waals surface area contributed by atoms with Crippen LogP contribution in [0.25, 0.3) is 0 Å². The molecule has 0 unspecified atom stereocenters. The minimum absolute atomic E-state index is 0.403. The molecule has 0 atom stereocenters. The molecule has 0 aliphatic heterocycles. The molecule has 0 saturated carbocycles. The summed E-state index contributed by atoms with van der Waals surface area (Å²) in [7, 11) is -2.31. The van der Waals surface area contributed by atoms with E-state index >= 15 is 0 Å². The van der Waals surface area contributed by atoms with Crippen LogP contribution in [0.4, 0.5) is 0 Å². The lowest BCUT2D eigenvalue weighted by atomic mass is 10.1. The van der Waals surface area contributed by atoms with Crippen molar-refractivity contribution in [2.24, 2.45) is 5.73 Å². The van der Waals surface area contributed by atoms with Crippen molar-refractivity contribution < 1.29 is 29.6 Å². The molecule has 8 heteroatoms. The zero-order valence-electron chi connectivity index (χ0n) is 12.9. The van der Waals surface area contributed by atoms with Gasteiger partial charge in [0.05, 0.1) is 25.4 Å². The first-order valence-electron chi connectivity index (χ1n) is 6.94. The zero-order chi connectivity index (χ0) is 17.2. The van der Waals surface area contributed by atoms with Gasteiger partial charge in [0.15, 0.2) is 0 Å². The molecule has 0 aliphatic carbocycles. The molecular weight excluding hydrogens is 309 g/mol. The molecule has 0 heterocycles. The first-order chi connectivity index (χ1) is 10.4. The molecule has 0 aromatic heterocycles. The lowest BCUT2D eigenvalue weighted by Gasteiger charge is -2.20. The Morgan fingerprint density at radius 2 is 1.59 bits per heavy atom. The van der Waals surface area contributed by atoms with Gasteiger partial charge in [-0.25, -0.2) is 0 Å². The second-order valence-corrected chi connectivity index (χ2v) is 5.52. The van der Waals surface area contributed by atoms with Crippen molar-refractivity contribution in [2.45, 2.75) is 32.2 Å². The molecule has 0 aliphatic rings. The lowest BCUT2D eigenvalue weighted by Crippen LogP contribution is -2.50. The SMILES string of the molecule is CCc1ccc(OP(O)O)c(CC)c1.NC(CO)(CO)CO. The summed E-state index contributed by atoms with van der Waals surface area (Å²) in [5.41, 5.74) is 6.18. The normalized spacial score (nSPS) is 11.1. The molecule has 1 rings (SSSR count). The maximum Gasteiger partial charge on any atom is 0.391 e. The monoisotopic (exact) mass is 335 g/mol. The van der Waals surface area contributed by atoms with Gasteiger partial charge in [0.2, 0.25) is 0 Å². The van der Waals surface area contributed by atoms with Gasteiger partial charge in [0, 0.05) is 0 Å². The van der Waals surface area contributed by atoms with Crippen LogP contribution in [0.1, 0.15) is 25.0 Å². The maximum absolute atomic E-state index is 8.75. The van der Waals surface area contributed by atoms with Crippen molar-refractivity contribution in [1.82, 2.24) is 0 Å². The summed E-state index contributed by atoms with van der Waals surface area (Å²) in [6.07, 6.45) is 1.80. The van der Waals surface area contributed by atoms with Crippen LogP contribution in [0.3, 0.4) is 0 Å². The lowest BCUT2D eigenvalue weighted by molar-refractivity contribution is 0.0697. The average molecular weight is 335 g/mol. The van der Waals surface area contributed by atoms with E-state index in [1.165, 1.54) is 5.56 Å². The van der Waals surface area contributed by atoms with Crippen molar-refractivity contribution in [1.29, 1.82) is 0 Å². The van der Waals surface area contributed by atoms with Crippen LogP contribution in [0.5, 0.6) is 5.75 Å². The second kappa shape index (κ2) is 10.9. The Bertz CT molecular complexity index is 418. The highest BCUT2D eigenvalue weighted by Gasteiger charge is 2.20. The molecule has 22 heavy (non-hydrogen) atoms. The Morgan fingerprint density at radius 1 is 1.05 bits per heavy atom. The van der Waals surface area contributed by atoms with Gasteiger partial charge in [0.1, 0.15) is 5.75 Å². The Kier molecular flexibility index (Phi) is 10.5. The van der Waals surface area contributed by atoms with Crippen molar-refractivity contribution in [2.75, 3.05) is 19.8 Å². The largest absolute Gasteiger partial charge is 0.427 e. The number of hydrogen-bond acceptors (Lipinski definition) is 7. The van der Waals surface area contributed by atoms with Crippen LogP contribution in [0.15, 0.2) is 18.2 Å². The molecule has 0 fully saturated rings. The number of aliphatic hydroxyl groups is 3. The smallest absolute Gasteiger partial charge is 0.391 e. The van der Waals surface area contributed by atoms with E-state index in [1.54, 1.807) is 6.07 Å². The van der Waals surface area contributed by atoms with E-state index in [-0.39, 0.29) is 0 Å². The van der Waals surface area contributed by atoms with Crippen molar-refractivity contribution in [3.05, 3.63) is 29.3 Å². The predicted octanol–water partition coefficient (Wildman–Crippen LogP) is 0.0625. The third-order valence-electron chi connectivity index (χ3n) is 3.04. The number of hydrogen-bond donors (Lipinski definition) is 6. The van der Waals surface area contributed by atoms with Crippen molar-refractivity contribution in [3.63, 3.8) is 0 Å². The summed E-state index contributed by atoms with van der Waals surface area (Å²) >= 11 is 0. The fourth-order valence-corrected chi connectivity index (χ4v) is 1.81. The summed E-state index contributed by atoms with van der Waals surface area (Å²) in [4.78, 5) is 17.5. The fraction of sp³-hybridized carbons (Fsp3) is 0.571. The molecule has 1 aromatic carbocycles. The Morgan fingerprint density at radius 3 is 1.91 bits per heavy atom. The van der Waals surface area contributed by atoms with Crippen LogP contribution >= 0.6 is 8.60 Å². The molecule has 7 N–H and O–H groups in total. The van der Waals surface area contributed by atoms with E-state index in [9.17, 15) is 0 Å². The highest BCUT2D eigenvalue weighted by molar-refractivity contribution is 7.39. The van der Waals surface area contributed by atoms with E-state index in [0.29, 0.717) is 5.75 Å². The molecule has 0 amide bonds. The number of aliphatic hydroxyl groups excluding tert-OH is 3. The molecular formula is C14H26NO6P. The number of nitrogens with two attached hydrogens (primary N) is 1. The maximum atomic E-state index is 8.75. The number of benzene rings is 1. The fourth-order valence-electron chi connectivity index (χ4n) is 1.46. The van der Waals surface area contributed by atoms with Crippen molar-refractivity contribution >= 4 is 8.60 Å². The number of rotatable bonds is 7. The topological polar surface area (TPSA) is 136 Å². The first kappa shape index (κ1) is 21.2. The first-order valence-corrected chi connectivity index (χ1v) is 8.11. The Hall–Kier alpha value is -0.790. The van der Waals surface area contributed by atoms with E-state index in [0.717, 1.165) is 18.4 Å². The van der Waals surface area contributed by atoms with Gasteiger partial charge < -0.3 is 35.4 Å². The van der Waals surface area contributed by atoms with Gasteiger partial charge in [-0.1, -0.05) is 26.0 Å². The van der Waals surface area contributed by atoms with Crippen LogP contribution in [0, 0.1) is 0 Å². The minimum atomic E-state index is -2.31. The summed E-state index contributed by atoms with van der Waals surface area (Å²) in [5.74, 6) is 0.570. The molecule has 0 saturated heterocycles. The second-order valence-electron chi connectivity index (χ2n) is 4.83. The average Bonchev–Trinajstić information content (AvgIpc) is 2.54. The number of aryl methyl sites for hydroxylation is 2. The molecule has 7 nitrogen and oxygen atoms in total. The van der Waals surface area contributed by atoms with Crippen LogP contribution in [-0.4, -0.2) is 50.5 Å². The standard InChI is InChI=1S/C10H15O3P.C4H11NO3/c1-3-8-5-6-10(13-14(11)12)9(4-2)7-8;5-4(1-6,2-7)3-8/h5-7,11-12H,3-4H2,1-2H3;6-8H,1-3,5H2. The Balaban J connectivity index is 0.000000472. The van der Waals surface area contributed by atoms with Crippen LogP contribution in [0.2, 0.25) is 0 Å². The third kappa shape index (κ3) is 7.47. The van der Waals surface area contributed by atoms with Gasteiger partial charge in [-0.05, 0) is 30.0 Å². The summed E-state index contributed by atoms with van der Waals surface area (Å²) in [6, 6.07) is 5.76. The minimum Gasteiger partial charge on any atom is -0.427 e. The molecule has 0 bridgehead atoms. The zero-order valence-corrected chi connectivity index (χ0v) is 13.8. The van der Waals surface area contributed by atoms with Gasteiger partial charge in [-0.2, -0.15) is 0 Å². The van der Waals surface area contributed by atoms with E-state index in [1.807, 2.05) is 19.1 Å². The highest BCUT2D eigenvalue weighted by atomic mass is 31.2. The molecule has 128 valence electrons.